The van der Waals surface area contributed by atoms with Crippen LogP contribution in [0.3, 0.4) is 0 Å². The van der Waals surface area contributed by atoms with Gasteiger partial charge in [0.2, 0.25) is 0 Å². The van der Waals surface area contributed by atoms with E-state index < -0.39 is 0 Å². The lowest BCUT2D eigenvalue weighted by Gasteiger charge is -2.39. The van der Waals surface area contributed by atoms with Crippen LogP contribution in [0.15, 0.2) is 0 Å². The van der Waals surface area contributed by atoms with Gasteiger partial charge in [0.25, 0.3) is 0 Å². The summed E-state index contributed by atoms with van der Waals surface area (Å²) in [5.74, 6) is 2.43. The molecule has 0 bridgehead atoms. The van der Waals surface area contributed by atoms with Gasteiger partial charge >= 0.3 is 0 Å². The molecule has 1 atom stereocenters. The van der Waals surface area contributed by atoms with Gasteiger partial charge in [-0.05, 0) is 51.5 Å². The minimum absolute atomic E-state index is 0.304. The fourth-order valence-corrected chi connectivity index (χ4v) is 2.32. The van der Waals surface area contributed by atoms with Crippen molar-refractivity contribution < 1.29 is 0 Å². The van der Waals surface area contributed by atoms with Gasteiger partial charge in [-0.15, -0.1) is 0 Å². The zero-order valence-electron chi connectivity index (χ0n) is 12.8. The van der Waals surface area contributed by atoms with Gasteiger partial charge in [0.15, 0.2) is 0 Å². The zero-order chi connectivity index (χ0) is 12.9. The second-order valence-electron chi connectivity index (χ2n) is 6.84. The van der Waals surface area contributed by atoms with E-state index in [1.165, 1.54) is 13.0 Å². The first-order valence-electron chi connectivity index (χ1n) is 6.93. The minimum Gasteiger partial charge on any atom is -0.298 e. The fourth-order valence-electron chi connectivity index (χ4n) is 2.32. The normalized spacial score (nSPS) is 15.2. The molecule has 0 spiro atoms. The molecular formula is C15H33N. The van der Waals surface area contributed by atoms with Crippen molar-refractivity contribution in [2.24, 2.45) is 17.8 Å². The molecule has 98 valence electrons. The quantitative estimate of drug-likeness (QED) is 0.649. The molecule has 0 aliphatic rings. The van der Waals surface area contributed by atoms with E-state index in [-0.39, 0.29) is 0 Å². The van der Waals surface area contributed by atoms with Crippen molar-refractivity contribution in [3.05, 3.63) is 0 Å². The number of hydrogen-bond acceptors (Lipinski definition) is 1. The Kier molecular flexibility index (Phi) is 6.62. The van der Waals surface area contributed by atoms with E-state index >= 15 is 0 Å². The van der Waals surface area contributed by atoms with Crippen LogP contribution in [-0.4, -0.2) is 23.5 Å². The predicted molar refractivity (Wildman–Crippen MR) is 74.8 cm³/mol. The Labute approximate surface area is 104 Å². The average molecular weight is 227 g/mol. The van der Waals surface area contributed by atoms with Crippen LogP contribution in [0.25, 0.3) is 0 Å². The maximum Gasteiger partial charge on any atom is 0.0125 e. The molecule has 1 heteroatoms. The molecule has 0 aromatic heterocycles. The lowest BCUT2D eigenvalue weighted by molar-refractivity contribution is 0.0989. The van der Waals surface area contributed by atoms with Crippen LogP contribution in [-0.2, 0) is 0 Å². The Morgan fingerprint density at radius 3 is 1.75 bits per heavy atom. The summed E-state index contributed by atoms with van der Waals surface area (Å²) in [5.41, 5.74) is 0.304. The van der Waals surface area contributed by atoms with Crippen LogP contribution in [0, 0.1) is 17.8 Å². The van der Waals surface area contributed by atoms with Crippen LogP contribution in [0.4, 0.5) is 0 Å². The molecule has 0 amide bonds. The van der Waals surface area contributed by atoms with Crippen LogP contribution in [0.2, 0.25) is 0 Å². The van der Waals surface area contributed by atoms with Crippen molar-refractivity contribution >= 4 is 0 Å². The summed E-state index contributed by atoms with van der Waals surface area (Å²) in [5, 5.41) is 0. The third-order valence-electron chi connectivity index (χ3n) is 3.50. The highest BCUT2D eigenvalue weighted by molar-refractivity contribution is 4.79. The minimum atomic E-state index is 0.304. The molecule has 0 saturated heterocycles. The van der Waals surface area contributed by atoms with Gasteiger partial charge < -0.3 is 0 Å². The Hall–Kier alpha value is -0.0400. The highest BCUT2D eigenvalue weighted by Gasteiger charge is 2.24. The Morgan fingerprint density at radius 1 is 1.00 bits per heavy atom. The molecule has 1 unspecified atom stereocenters. The van der Waals surface area contributed by atoms with Gasteiger partial charge in [0.05, 0.1) is 0 Å². The molecule has 0 aliphatic heterocycles. The van der Waals surface area contributed by atoms with Crippen LogP contribution in [0.1, 0.15) is 61.8 Å². The molecule has 0 rings (SSSR count). The molecule has 0 saturated carbocycles. The molecule has 0 aromatic carbocycles. The number of hydrogen-bond donors (Lipinski definition) is 0. The van der Waals surface area contributed by atoms with E-state index in [1.54, 1.807) is 0 Å². The van der Waals surface area contributed by atoms with Gasteiger partial charge in [-0.3, -0.25) is 4.90 Å². The van der Waals surface area contributed by atoms with Crippen LogP contribution >= 0.6 is 0 Å². The fraction of sp³-hybridized carbons (Fsp3) is 1.00. The first-order chi connectivity index (χ1) is 7.18. The first-order valence-corrected chi connectivity index (χ1v) is 6.93. The summed E-state index contributed by atoms with van der Waals surface area (Å²) in [4.78, 5) is 2.61. The van der Waals surface area contributed by atoms with Gasteiger partial charge in [-0.25, -0.2) is 0 Å². The first kappa shape index (κ1) is 16.0. The van der Waals surface area contributed by atoms with Crippen molar-refractivity contribution in [3.63, 3.8) is 0 Å². The van der Waals surface area contributed by atoms with Crippen molar-refractivity contribution in [3.8, 4) is 0 Å². The highest BCUT2D eigenvalue weighted by Crippen LogP contribution is 2.24. The van der Waals surface area contributed by atoms with Gasteiger partial charge in [-0.1, -0.05) is 34.6 Å². The van der Waals surface area contributed by atoms with Crippen molar-refractivity contribution in [1.82, 2.24) is 4.90 Å². The summed E-state index contributed by atoms with van der Waals surface area (Å²) in [6, 6.07) is 0. The molecule has 1 nitrogen and oxygen atoms in total. The third kappa shape index (κ3) is 5.89. The molecule has 0 N–H and O–H groups in total. The Balaban J connectivity index is 4.47. The maximum atomic E-state index is 2.61. The summed E-state index contributed by atoms with van der Waals surface area (Å²) >= 11 is 0. The van der Waals surface area contributed by atoms with Crippen molar-refractivity contribution in [2.45, 2.75) is 67.3 Å². The second kappa shape index (κ2) is 6.64. The lowest BCUT2D eigenvalue weighted by Crippen LogP contribution is -2.45. The molecule has 16 heavy (non-hydrogen) atoms. The van der Waals surface area contributed by atoms with Crippen LogP contribution < -0.4 is 0 Å². The molecule has 0 aromatic rings. The summed E-state index contributed by atoms with van der Waals surface area (Å²) < 4.78 is 0. The standard InChI is InChI=1S/C15H33N/c1-9-16(15(6,7)8)11-14(13(4)5)10-12(2)3/h12-14H,9-11H2,1-8H3. The highest BCUT2D eigenvalue weighted by atomic mass is 15.2. The number of rotatable bonds is 6. The Bertz CT molecular complexity index is 176. The summed E-state index contributed by atoms with van der Waals surface area (Å²) in [6.07, 6.45) is 1.35. The van der Waals surface area contributed by atoms with E-state index in [0.717, 1.165) is 24.3 Å². The molecule has 0 aliphatic carbocycles. The van der Waals surface area contributed by atoms with Crippen LogP contribution in [0.5, 0.6) is 0 Å². The second-order valence-corrected chi connectivity index (χ2v) is 6.84. The maximum absolute atomic E-state index is 2.61. The molecular weight excluding hydrogens is 194 g/mol. The molecule has 0 heterocycles. The molecule has 0 radical (unpaired) electrons. The molecule has 0 fully saturated rings. The smallest absolute Gasteiger partial charge is 0.0125 e. The lowest BCUT2D eigenvalue weighted by atomic mass is 9.86. The van der Waals surface area contributed by atoms with Gasteiger partial charge in [-0.2, -0.15) is 0 Å². The zero-order valence-corrected chi connectivity index (χ0v) is 12.8. The Morgan fingerprint density at radius 2 is 1.50 bits per heavy atom. The monoisotopic (exact) mass is 227 g/mol. The van der Waals surface area contributed by atoms with Crippen molar-refractivity contribution in [2.75, 3.05) is 13.1 Å². The SMILES string of the molecule is CCN(CC(CC(C)C)C(C)C)C(C)(C)C. The van der Waals surface area contributed by atoms with E-state index in [1.807, 2.05) is 0 Å². The van der Waals surface area contributed by atoms with E-state index in [4.69, 9.17) is 0 Å². The van der Waals surface area contributed by atoms with E-state index in [2.05, 4.69) is 60.3 Å². The topological polar surface area (TPSA) is 3.24 Å². The predicted octanol–water partition coefficient (Wildman–Crippen LogP) is 4.43. The summed E-state index contributed by atoms with van der Waals surface area (Å²) in [6.45, 7) is 21.0. The largest absolute Gasteiger partial charge is 0.298 e. The number of nitrogens with zero attached hydrogens (tertiary/aromatic N) is 1. The van der Waals surface area contributed by atoms with E-state index in [9.17, 15) is 0 Å². The van der Waals surface area contributed by atoms with Gasteiger partial charge in [0, 0.05) is 12.1 Å². The van der Waals surface area contributed by atoms with Crippen molar-refractivity contribution in [1.29, 1.82) is 0 Å². The third-order valence-corrected chi connectivity index (χ3v) is 3.50. The van der Waals surface area contributed by atoms with Gasteiger partial charge in [0.1, 0.15) is 0 Å². The summed E-state index contributed by atoms with van der Waals surface area (Å²) in [7, 11) is 0. The van der Waals surface area contributed by atoms with E-state index in [0.29, 0.717) is 5.54 Å². The average Bonchev–Trinajstić information content (AvgIpc) is 2.08.